The topological polar surface area (TPSA) is 66.2 Å². The monoisotopic (exact) mass is 235 g/mol. The van der Waals surface area contributed by atoms with E-state index in [1.165, 1.54) is 0 Å². The number of aromatic nitrogens is 3. The maximum Gasteiger partial charge on any atom is 0.360 e. The predicted molar refractivity (Wildman–Crippen MR) is 60.2 cm³/mol. The number of nitrogens with zero attached hydrogens (tertiary/aromatic N) is 3. The Kier molecular flexibility index (Phi) is 3.34. The van der Waals surface area contributed by atoms with Gasteiger partial charge in [0.05, 0.1) is 6.10 Å². The van der Waals surface area contributed by atoms with Crippen molar-refractivity contribution in [3.05, 3.63) is 24.3 Å². The highest BCUT2D eigenvalue weighted by Crippen LogP contribution is 2.07. The molecule has 0 amide bonds. The van der Waals surface area contributed by atoms with Crippen LogP contribution in [0.1, 0.15) is 13.8 Å². The Morgan fingerprint density at radius 3 is 2.94 bits per heavy atom. The van der Waals surface area contributed by atoms with Crippen LogP contribution in [0.15, 0.2) is 24.3 Å². The van der Waals surface area contributed by atoms with Gasteiger partial charge in [-0.05, 0) is 31.2 Å². The summed E-state index contributed by atoms with van der Waals surface area (Å²) in [5, 5.41) is 7.59. The lowest BCUT2D eigenvalue weighted by molar-refractivity contribution is -0.152. The zero-order valence-corrected chi connectivity index (χ0v) is 9.66. The van der Waals surface area contributed by atoms with Crippen molar-refractivity contribution in [1.29, 1.82) is 0 Å². The first-order valence-corrected chi connectivity index (χ1v) is 5.30. The summed E-state index contributed by atoms with van der Waals surface area (Å²) in [7, 11) is 0. The number of benzene rings is 1. The Bertz CT molecular complexity index is 521. The molecular formula is C11H13N3O3. The highest BCUT2D eigenvalue weighted by atomic mass is 16.7. The minimum atomic E-state index is -0.505. The summed E-state index contributed by atoms with van der Waals surface area (Å²) in [6.45, 7) is 3.59. The van der Waals surface area contributed by atoms with Crippen LogP contribution < -0.4 is 4.84 Å². The number of hydrogen-bond donors (Lipinski definition) is 0. The Labute approximate surface area is 98.1 Å². The highest BCUT2D eigenvalue weighted by Gasteiger charge is 2.10. The van der Waals surface area contributed by atoms with E-state index in [9.17, 15) is 4.79 Å². The van der Waals surface area contributed by atoms with Crippen molar-refractivity contribution in [1.82, 2.24) is 15.2 Å². The summed E-state index contributed by atoms with van der Waals surface area (Å²) in [6.07, 6.45) is -0.0185. The number of ether oxygens (including phenoxy) is 1. The third kappa shape index (κ3) is 2.79. The Morgan fingerprint density at radius 1 is 1.41 bits per heavy atom. The Hall–Kier alpha value is -1.95. The van der Waals surface area contributed by atoms with Crippen LogP contribution in [0.25, 0.3) is 11.0 Å². The first kappa shape index (κ1) is 11.5. The van der Waals surface area contributed by atoms with Crippen molar-refractivity contribution in [2.45, 2.75) is 20.0 Å². The summed E-state index contributed by atoms with van der Waals surface area (Å²) in [4.78, 5) is 17.5. The molecule has 2 aromatic rings. The first-order valence-electron chi connectivity index (χ1n) is 5.30. The highest BCUT2D eigenvalue weighted by molar-refractivity contribution is 5.76. The average molecular weight is 235 g/mol. The van der Waals surface area contributed by atoms with Crippen molar-refractivity contribution < 1.29 is 14.4 Å². The van der Waals surface area contributed by atoms with Crippen LogP contribution in [0, 0.1) is 0 Å². The first-order chi connectivity index (χ1) is 8.16. The summed E-state index contributed by atoms with van der Waals surface area (Å²) >= 11 is 0. The molecule has 1 aromatic heterocycles. The molecule has 0 bridgehead atoms. The SMILES string of the molecule is CC(C)OCC(=O)On1nnc2ccccc21. The van der Waals surface area contributed by atoms with Gasteiger partial charge in [-0.25, -0.2) is 4.79 Å². The molecule has 6 nitrogen and oxygen atoms in total. The molecule has 0 radical (unpaired) electrons. The van der Waals surface area contributed by atoms with Gasteiger partial charge in [0.25, 0.3) is 0 Å². The molecule has 17 heavy (non-hydrogen) atoms. The van der Waals surface area contributed by atoms with E-state index in [-0.39, 0.29) is 12.7 Å². The molecule has 0 saturated carbocycles. The van der Waals surface area contributed by atoms with Crippen LogP contribution in [0.4, 0.5) is 0 Å². The van der Waals surface area contributed by atoms with Gasteiger partial charge < -0.3 is 9.57 Å². The molecule has 0 atom stereocenters. The quantitative estimate of drug-likeness (QED) is 0.734. The van der Waals surface area contributed by atoms with Crippen molar-refractivity contribution in [3.63, 3.8) is 0 Å². The standard InChI is InChI=1S/C11H13N3O3/c1-8(2)16-7-11(15)17-14-10-6-4-3-5-9(10)12-13-14/h3-6,8H,7H2,1-2H3. The zero-order valence-electron chi connectivity index (χ0n) is 9.66. The fourth-order valence-corrected chi connectivity index (χ4v) is 1.27. The molecule has 2 rings (SSSR count). The van der Waals surface area contributed by atoms with Gasteiger partial charge in [-0.2, -0.15) is 0 Å². The van der Waals surface area contributed by atoms with Gasteiger partial charge in [0.15, 0.2) is 0 Å². The number of fused-ring (bicyclic) bond motifs is 1. The normalized spacial score (nSPS) is 11.0. The summed E-state index contributed by atoms with van der Waals surface area (Å²) < 4.78 is 5.13. The molecule has 0 N–H and O–H groups in total. The molecule has 6 heteroatoms. The average Bonchev–Trinajstić information content (AvgIpc) is 2.70. The lowest BCUT2D eigenvalue weighted by Crippen LogP contribution is -2.26. The second kappa shape index (κ2) is 4.92. The van der Waals surface area contributed by atoms with Crippen molar-refractivity contribution in [3.8, 4) is 0 Å². The molecule has 0 spiro atoms. The number of para-hydroxylation sites is 1. The van der Waals surface area contributed by atoms with Gasteiger partial charge in [0, 0.05) is 0 Å². The Morgan fingerprint density at radius 2 is 2.18 bits per heavy atom. The fraction of sp³-hybridized carbons (Fsp3) is 0.364. The van der Waals surface area contributed by atoms with Crippen LogP contribution in [-0.4, -0.2) is 33.8 Å². The molecule has 90 valence electrons. The van der Waals surface area contributed by atoms with Crippen LogP contribution in [-0.2, 0) is 9.53 Å². The number of carbonyl (C=O) groups is 1. The van der Waals surface area contributed by atoms with E-state index in [0.717, 1.165) is 4.85 Å². The lowest BCUT2D eigenvalue weighted by Gasteiger charge is -2.06. The van der Waals surface area contributed by atoms with Gasteiger partial charge in [-0.3, -0.25) is 0 Å². The van der Waals surface area contributed by atoms with Crippen LogP contribution in [0.3, 0.4) is 0 Å². The van der Waals surface area contributed by atoms with Crippen LogP contribution in [0.5, 0.6) is 0 Å². The minimum absolute atomic E-state index is 0.0185. The predicted octanol–water partition coefficient (Wildman–Crippen LogP) is 0.811. The van der Waals surface area contributed by atoms with Crippen molar-refractivity contribution in [2.75, 3.05) is 6.61 Å². The molecular weight excluding hydrogens is 222 g/mol. The smallest absolute Gasteiger partial charge is 0.360 e. The van der Waals surface area contributed by atoms with Gasteiger partial charge >= 0.3 is 5.97 Å². The van der Waals surface area contributed by atoms with E-state index in [1.54, 1.807) is 12.1 Å². The molecule has 0 aliphatic carbocycles. The molecule has 0 saturated heterocycles. The van der Waals surface area contributed by atoms with E-state index in [0.29, 0.717) is 11.0 Å². The molecule has 0 aliphatic rings. The van der Waals surface area contributed by atoms with Crippen LogP contribution >= 0.6 is 0 Å². The second-order valence-corrected chi connectivity index (χ2v) is 3.77. The maximum atomic E-state index is 11.4. The van der Waals surface area contributed by atoms with E-state index >= 15 is 0 Å². The van der Waals surface area contributed by atoms with Gasteiger partial charge in [0.2, 0.25) is 0 Å². The second-order valence-electron chi connectivity index (χ2n) is 3.77. The van der Waals surface area contributed by atoms with E-state index in [4.69, 9.17) is 9.57 Å². The molecule has 1 aromatic carbocycles. The lowest BCUT2D eigenvalue weighted by atomic mass is 10.3. The third-order valence-corrected chi connectivity index (χ3v) is 2.04. The van der Waals surface area contributed by atoms with Gasteiger partial charge in [0.1, 0.15) is 17.6 Å². The number of hydrogen-bond acceptors (Lipinski definition) is 5. The third-order valence-electron chi connectivity index (χ3n) is 2.04. The molecule has 1 heterocycles. The van der Waals surface area contributed by atoms with Crippen molar-refractivity contribution >= 4 is 17.0 Å². The van der Waals surface area contributed by atoms with Gasteiger partial charge in [-0.1, -0.05) is 17.0 Å². The summed E-state index contributed by atoms with van der Waals surface area (Å²) in [5.74, 6) is -0.505. The maximum absolute atomic E-state index is 11.4. The van der Waals surface area contributed by atoms with E-state index in [2.05, 4.69) is 10.3 Å². The minimum Gasteiger partial charge on any atom is -0.367 e. The van der Waals surface area contributed by atoms with Crippen LogP contribution in [0.2, 0.25) is 0 Å². The molecule has 0 aliphatic heterocycles. The van der Waals surface area contributed by atoms with Crippen molar-refractivity contribution in [2.24, 2.45) is 0 Å². The number of rotatable bonds is 4. The fourth-order valence-electron chi connectivity index (χ4n) is 1.27. The molecule has 0 unspecified atom stereocenters. The van der Waals surface area contributed by atoms with E-state index in [1.807, 2.05) is 26.0 Å². The number of carbonyl (C=O) groups excluding carboxylic acids is 1. The Balaban J connectivity index is 2.06. The summed E-state index contributed by atoms with van der Waals surface area (Å²) in [6, 6.07) is 7.22. The largest absolute Gasteiger partial charge is 0.367 e. The summed E-state index contributed by atoms with van der Waals surface area (Å²) in [5.41, 5.74) is 1.32. The zero-order chi connectivity index (χ0) is 12.3. The van der Waals surface area contributed by atoms with E-state index < -0.39 is 5.97 Å². The van der Waals surface area contributed by atoms with Gasteiger partial charge in [-0.15, -0.1) is 5.10 Å². The molecule has 0 fully saturated rings.